The van der Waals surface area contributed by atoms with Crippen LogP contribution in [0.5, 0.6) is 0 Å². The summed E-state index contributed by atoms with van der Waals surface area (Å²) >= 11 is 0. The molecule has 0 saturated carbocycles. The molecule has 0 N–H and O–H groups in total. The van der Waals surface area contributed by atoms with E-state index in [2.05, 4.69) is 303 Å². The molecule has 0 spiro atoms. The Bertz CT molecular complexity index is 4310. The summed E-state index contributed by atoms with van der Waals surface area (Å²) < 4.78 is 0. The van der Waals surface area contributed by atoms with Crippen LogP contribution in [0.4, 0.5) is 34.1 Å². The minimum Gasteiger partial charge on any atom is -0.311 e. The molecule has 3 heteroatoms. The molecule has 79 heavy (non-hydrogen) atoms. The third kappa shape index (κ3) is 8.16. The zero-order valence-corrected chi connectivity index (χ0v) is 46.9. The fourth-order valence-corrected chi connectivity index (χ4v) is 12.9. The Balaban J connectivity index is 1.08. The average molecular weight is 1020 g/mol. The third-order valence-electron chi connectivity index (χ3n) is 17.2. The number of hydrogen-bond acceptors (Lipinski definition) is 2. The SMILES string of the molecule is CC(C)(C)c1cc2c3c(c1)N(c1ccc(-c4ccccc4)cc1)c1ccc(-c4cc5cc(C(C)(C)C)cc6ccc7cc(C(C)(C)C)cc4c7c65)cc1B3c1cc(-c3ccccc3)ccc1N2c1ccc(-c2ccccc2)cc1. The molecule has 0 fully saturated rings. The fourth-order valence-electron chi connectivity index (χ4n) is 12.9. The number of anilines is 6. The first kappa shape index (κ1) is 48.7. The Labute approximate surface area is 467 Å². The lowest BCUT2D eigenvalue weighted by Gasteiger charge is -2.45. The van der Waals surface area contributed by atoms with Crippen LogP contribution in [0, 0.1) is 0 Å². The van der Waals surface area contributed by atoms with Crippen LogP contribution in [0.3, 0.4) is 0 Å². The van der Waals surface area contributed by atoms with Gasteiger partial charge in [-0.2, -0.15) is 0 Å². The third-order valence-corrected chi connectivity index (χ3v) is 17.2. The Morgan fingerprint density at radius 3 is 1.15 bits per heavy atom. The van der Waals surface area contributed by atoms with Gasteiger partial charge in [-0.05, 0) is 187 Å². The second-order valence-corrected chi connectivity index (χ2v) is 25.4. The summed E-state index contributed by atoms with van der Waals surface area (Å²) in [6.45, 7) is 21.0. The van der Waals surface area contributed by atoms with Crippen molar-refractivity contribution in [3.05, 3.63) is 247 Å². The van der Waals surface area contributed by atoms with Crippen LogP contribution >= 0.6 is 0 Å². The maximum atomic E-state index is 2.58. The van der Waals surface area contributed by atoms with Crippen LogP contribution in [-0.4, -0.2) is 6.71 Å². The standard InChI is InChI=1S/C76H65BN2/c1-74(2,3)58-39-55-25-26-56-40-59(75(4,5)6)45-64-63(42-57(41-58)71(55)72(56)64)54-32-38-68-66(44-54)77-65-43-53(50-23-17-12-18-24-50)31-37-67(65)78(61-33-27-51(28-34-61)48-19-13-10-14-20-48)69-46-60(76(7,8)9)47-70(73(69)77)79(68)62-35-29-52(30-36-62)49-21-15-11-16-22-49/h10-47H,1-9H3. The molecule has 0 atom stereocenters. The van der Waals surface area contributed by atoms with Crippen molar-refractivity contribution >= 4 is 89.5 Å². The van der Waals surface area contributed by atoms with Gasteiger partial charge in [0, 0.05) is 34.1 Å². The van der Waals surface area contributed by atoms with Crippen molar-refractivity contribution in [1.82, 2.24) is 0 Å². The molecule has 2 aliphatic heterocycles. The molecule has 0 saturated heterocycles. The van der Waals surface area contributed by atoms with Crippen LogP contribution in [0.1, 0.15) is 79.0 Å². The van der Waals surface area contributed by atoms with Crippen molar-refractivity contribution < 1.29 is 0 Å². The summed E-state index contributed by atoms with van der Waals surface area (Å²) in [7, 11) is 0. The molecule has 0 aliphatic carbocycles. The number of hydrogen-bond donors (Lipinski definition) is 0. The normalized spacial score (nSPS) is 13.3. The second kappa shape index (κ2) is 17.9. The summed E-state index contributed by atoms with van der Waals surface area (Å²) in [5.41, 5.74) is 24.5. The molecule has 0 unspecified atom stereocenters. The smallest absolute Gasteiger partial charge is 0.252 e. The maximum Gasteiger partial charge on any atom is 0.252 e. The minimum absolute atomic E-state index is 0.0126. The summed E-state index contributed by atoms with van der Waals surface area (Å²) in [5, 5.41) is 7.91. The molecule has 2 aliphatic rings. The first-order valence-electron chi connectivity index (χ1n) is 28.3. The van der Waals surface area contributed by atoms with E-state index in [-0.39, 0.29) is 23.0 Å². The van der Waals surface area contributed by atoms with Gasteiger partial charge in [-0.25, -0.2) is 0 Å². The summed E-state index contributed by atoms with van der Waals surface area (Å²) in [4.78, 5) is 5.15. The molecule has 0 bridgehead atoms. The summed E-state index contributed by atoms with van der Waals surface area (Å²) in [6, 6.07) is 87.8. The number of benzene rings is 12. The van der Waals surface area contributed by atoms with E-state index in [0.29, 0.717) is 0 Å². The highest BCUT2D eigenvalue weighted by atomic mass is 15.2. The summed E-state index contributed by atoms with van der Waals surface area (Å²) in [6.07, 6.45) is 0. The molecule has 0 aromatic heterocycles. The lowest BCUT2D eigenvalue weighted by Crippen LogP contribution is -2.61. The zero-order chi connectivity index (χ0) is 54.1. The monoisotopic (exact) mass is 1020 g/mol. The van der Waals surface area contributed by atoms with E-state index in [1.54, 1.807) is 0 Å². The highest BCUT2D eigenvalue weighted by Crippen LogP contribution is 2.49. The molecule has 2 heterocycles. The first-order valence-corrected chi connectivity index (χ1v) is 28.3. The van der Waals surface area contributed by atoms with Gasteiger partial charge in [0.05, 0.1) is 0 Å². The van der Waals surface area contributed by atoms with Gasteiger partial charge in [-0.1, -0.05) is 232 Å². The predicted molar refractivity (Wildman–Crippen MR) is 342 cm³/mol. The zero-order valence-electron chi connectivity index (χ0n) is 46.9. The first-order chi connectivity index (χ1) is 38.0. The maximum absolute atomic E-state index is 2.58. The number of nitrogens with zero attached hydrogens (tertiary/aromatic N) is 2. The Hall–Kier alpha value is -8.66. The van der Waals surface area contributed by atoms with Gasteiger partial charge >= 0.3 is 0 Å². The number of rotatable bonds is 6. The highest BCUT2D eigenvalue weighted by Gasteiger charge is 2.44. The fraction of sp³-hybridized carbons (Fsp3) is 0.158. The van der Waals surface area contributed by atoms with E-state index in [1.807, 2.05) is 0 Å². The van der Waals surface area contributed by atoms with Gasteiger partial charge in [0.1, 0.15) is 0 Å². The molecule has 14 rings (SSSR count). The van der Waals surface area contributed by atoms with E-state index < -0.39 is 0 Å². The van der Waals surface area contributed by atoms with Crippen LogP contribution in [0.2, 0.25) is 0 Å². The predicted octanol–water partition coefficient (Wildman–Crippen LogP) is 19.2. The molecular formula is C76H65BN2. The minimum atomic E-state index is -0.152. The van der Waals surface area contributed by atoms with Crippen molar-refractivity contribution in [3.63, 3.8) is 0 Å². The van der Waals surface area contributed by atoms with E-state index in [0.717, 1.165) is 11.4 Å². The lowest BCUT2D eigenvalue weighted by molar-refractivity contribution is 0.590. The summed E-state index contributed by atoms with van der Waals surface area (Å²) in [5.74, 6) is 0. The lowest BCUT2D eigenvalue weighted by atomic mass is 9.33. The van der Waals surface area contributed by atoms with Gasteiger partial charge in [0.2, 0.25) is 0 Å². The molecule has 0 radical (unpaired) electrons. The van der Waals surface area contributed by atoms with Crippen LogP contribution in [0.25, 0.3) is 76.8 Å². The molecule has 12 aromatic carbocycles. The molecule has 12 aromatic rings. The van der Waals surface area contributed by atoms with Crippen molar-refractivity contribution in [1.29, 1.82) is 0 Å². The quantitative estimate of drug-likeness (QED) is 0.121. The van der Waals surface area contributed by atoms with E-state index in [9.17, 15) is 0 Å². The highest BCUT2D eigenvalue weighted by molar-refractivity contribution is 7.00. The van der Waals surface area contributed by atoms with Crippen LogP contribution in [0.15, 0.2) is 231 Å². The van der Waals surface area contributed by atoms with E-state index in [1.165, 1.54) is 133 Å². The molecule has 2 nitrogen and oxygen atoms in total. The van der Waals surface area contributed by atoms with Gasteiger partial charge in [-0.3, -0.25) is 0 Å². The number of fused-ring (bicyclic) bond motifs is 4. The topological polar surface area (TPSA) is 6.48 Å². The van der Waals surface area contributed by atoms with Crippen LogP contribution < -0.4 is 26.2 Å². The van der Waals surface area contributed by atoms with Crippen molar-refractivity contribution in [3.8, 4) is 44.5 Å². The second-order valence-electron chi connectivity index (χ2n) is 25.4. The van der Waals surface area contributed by atoms with Crippen molar-refractivity contribution in [2.75, 3.05) is 9.80 Å². The Kier molecular flexibility index (Phi) is 11.1. The van der Waals surface area contributed by atoms with E-state index in [4.69, 9.17) is 0 Å². The average Bonchev–Trinajstić information content (AvgIpc) is 2.40. The van der Waals surface area contributed by atoms with Gasteiger partial charge < -0.3 is 9.80 Å². The molecule has 382 valence electrons. The Morgan fingerprint density at radius 1 is 0.291 bits per heavy atom. The van der Waals surface area contributed by atoms with Crippen molar-refractivity contribution in [2.45, 2.75) is 78.6 Å². The van der Waals surface area contributed by atoms with Gasteiger partial charge in [0.25, 0.3) is 6.71 Å². The molecule has 0 amide bonds. The van der Waals surface area contributed by atoms with Crippen molar-refractivity contribution in [2.24, 2.45) is 0 Å². The van der Waals surface area contributed by atoms with Crippen LogP contribution in [-0.2, 0) is 16.2 Å². The Morgan fingerprint density at radius 2 is 0.671 bits per heavy atom. The molecular weight excluding hydrogens is 952 g/mol. The van der Waals surface area contributed by atoms with Gasteiger partial charge in [-0.15, -0.1) is 0 Å². The largest absolute Gasteiger partial charge is 0.311 e. The van der Waals surface area contributed by atoms with E-state index >= 15 is 0 Å². The van der Waals surface area contributed by atoms with Gasteiger partial charge in [0.15, 0.2) is 0 Å².